The first-order chi connectivity index (χ1) is 15.9. The zero-order chi connectivity index (χ0) is 24.9. The smallest absolute Gasteiger partial charge is 0.407 e. The number of halogens is 1. The van der Waals surface area contributed by atoms with E-state index in [1.165, 1.54) is 12.1 Å². The van der Waals surface area contributed by atoms with Crippen LogP contribution in [0.15, 0.2) is 18.2 Å². The Morgan fingerprint density at radius 3 is 2.26 bits per heavy atom. The van der Waals surface area contributed by atoms with E-state index in [0.717, 1.165) is 50.3 Å². The van der Waals surface area contributed by atoms with Gasteiger partial charge in [-0.3, -0.25) is 0 Å². The number of amides is 1. The van der Waals surface area contributed by atoms with Crippen LogP contribution in [0.2, 0.25) is 25.7 Å². The Hall–Kier alpha value is -1.80. The maximum absolute atomic E-state index is 14.1. The van der Waals surface area contributed by atoms with E-state index in [1.54, 1.807) is 0 Å². The van der Waals surface area contributed by atoms with E-state index in [-0.39, 0.29) is 24.7 Å². The second-order valence-corrected chi connectivity index (χ2v) is 17.5. The highest BCUT2D eigenvalue weighted by molar-refractivity contribution is 6.76. The number of nitrogens with zero attached hydrogens (tertiary/aromatic N) is 1. The van der Waals surface area contributed by atoms with Crippen molar-refractivity contribution in [2.45, 2.75) is 109 Å². The van der Waals surface area contributed by atoms with Crippen molar-refractivity contribution in [2.24, 2.45) is 0 Å². The second-order valence-electron chi connectivity index (χ2n) is 11.9. The summed E-state index contributed by atoms with van der Waals surface area (Å²) in [5, 5.41) is 3.02. The summed E-state index contributed by atoms with van der Waals surface area (Å²) in [5.74, 6) is 0.246. The first kappa shape index (κ1) is 26.8. The SMILES string of the molecule is CC(C)(C)OC(=O)NC1CCC(N(c2ccc(F)cc2OCOCC[Si](C)(C)C)C2CC2)CC1. The first-order valence-electron chi connectivity index (χ1n) is 12.7. The van der Waals surface area contributed by atoms with Crippen LogP contribution in [0, 0.1) is 5.82 Å². The number of benzene rings is 1. The predicted octanol–water partition coefficient (Wildman–Crippen LogP) is 6.32. The van der Waals surface area contributed by atoms with Gasteiger partial charge in [0, 0.05) is 38.9 Å². The van der Waals surface area contributed by atoms with Crippen LogP contribution in [0.3, 0.4) is 0 Å². The fourth-order valence-electron chi connectivity index (χ4n) is 4.38. The maximum atomic E-state index is 14.1. The Morgan fingerprint density at radius 1 is 1.09 bits per heavy atom. The number of carbonyl (C=O) groups is 1. The van der Waals surface area contributed by atoms with Gasteiger partial charge in [0.1, 0.15) is 17.2 Å². The van der Waals surface area contributed by atoms with Gasteiger partial charge < -0.3 is 24.4 Å². The molecule has 192 valence electrons. The maximum Gasteiger partial charge on any atom is 0.407 e. The van der Waals surface area contributed by atoms with Gasteiger partial charge in [-0.2, -0.15) is 0 Å². The summed E-state index contributed by atoms with van der Waals surface area (Å²) in [5.41, 5.74) is 0.447. The minimum atomic E-state index is -1.16. The number of anilines is 1. The minimum absolute atomic E-state index is 0.121. The molecule has 0 aliphatic heterocycles. The van der Waals surface area contributed by atoms with E-state index in [9.17, 15) is 9.18 Å². The highest BCUT2D eigenvalue weighted by atomic mass is 28.3. The highest BCUT2D eigenvalue weighted by Gasteiger charge is 2.38. The topological polar surface area (TPSA) is 60.0 Å². The number of hydrogen-bond donors (Lipinski definition) is 1. The van der Waals surface area contributed by atoms with Crippen LogP contribution >= 0.6 is 0 Å². The molecule has 1 aromatic rings. The van der Waals surface area contributed by atoms with E-state index in [4.69, 9.17) is 14.2 Å². The van der Waals surface area contributed by atoms with Crippen LogP contribution in [-0.2, 0) is 9.47 Å². The lowest BCUT2D eigenvalue weighted by Crippen LogP contribution is -2.46. The summed E-state index contributed by atoms with van der Waals surface area (Å²) >= 11 is 0. The predicted molar refractivity (Wildman–Crippen MR) is 137 cm³/mol. The van der Waals surface area contributed by atoms with Gasteiger partial charge >= 0.3 is 6.09 Å². The Bertz CT molecular complexity index is 812. The van der Waals surface area contributed by atoms with Crippen molar-refractivity contribution in [3.05, 3.63) is 24.0 Å². The van der Waals surface area contributed by atoms with Crippen molar-refractivity contribution in [3.8, 4) is 5.75 Å². The molecule has 0 unspecified atom stereocenters. The van der Waals surface area contributed by atoms with Crippen LogP contribution in [0.25, 0.3) is 0 Å². The third-order valence-corrected chi connectivity index (χ3v) is 7.95. The zero-order valence-electron chi connectivity index (χ0n) is 21.8. The zero-order valence-corrected chi connectivity index (χ0v) is 22.8. The number of alkyl carbamates (subject to hydrolysis) is 1. The Kier molecular flexibility index (Phi) is 8.90. The van der Waals surface area contributed by atoms with Gasteiger partial charge in [0.15, 0.2) is 6.79 Å². The van der Waals surface area contributed by atoms with E-state index in [0.29, 0.717) is 24.4 Å². The fraction of sp³-hybridized carbons (Fsp3) is 0.731. The van der Waals surface area contributed by atoms with Crippen molar-refractivity contribution >= 4 is 19.9 Å². The molecule has 2 fully saturated rings. The molecule has 1 N–H and O–H groups in total. The number of hydrogen-bond acceptors (Lipinski definition) is 5. The summed E-state index contributed by atoms with van der Waals surface area (Å²) in [7, 11) is -1.16. The summed E-state index contributed by atoms with van der Waals surface area (Å²) in [6.45, 7) is 13.4. The molecule has 0 radical (unpaired) electrons. The molecule has 2 aliphatic carbocycles. The van der Waals surface area contributed by atoms with Crippen LogP contribution < -0.4 is 15.0 Å². The molecule has 0 bridgehead atoms. The Labute approximate surface area is 205 Å². The van der Waals surface area contributed by atoms with Crippen LogP contribution in [0.1, 0.15) is 59.3 Å². The van der Waals surface area contributed by atoms with Crippen molar-refractivity contribution in [1.29, 1.82) is 0 Å². The lowest BCUT2D eigenvalue weighted by atomic mass is 9.89. The third kappa shape index (κ3) is 8.76. The third-order valence-electron chi connectivity index (χ3n) is 6.25. The summed E-state index contributed by atoms with van der Waals surface area (Å²) in [6, 6.07) is 6.82. The molecule has 0 saturated heterocycles. The van der Waals surface area contributed by atoms with Crippen molar-refractivity contribution in [3.63, 3.8) is 0 Å². The van der Waals surface area contributed by atoms with Gasteiger partial charge in [-0.05, 0) is 77.5 Å². The van der Waals surface area contributed by atoms with Crippen LogP contribution in [0.4, 0.5) is 14.9 Å². The van der Waals surface area contributed by atoms with E-state index in [2.05, 4.69) is 29.9 Å². The molecule has 6 nitrogen and oxygen atoms in total. The molecule has 2 aliphatic rings. The molecule has 34 heavy (non-hydrogen) atoms. The lowest BCUT2D eigenvalue weighted by Gasteiger charge is -2.39. The van der Waals surface area contributed by atoms with Gasteiger partial charge in [0.25, 0.3) is 0 Å². The molecule has 1 amide bonds. The number of carbonyl (C=O) groups excluding carboxylic acids is 1. The van der Waals surface area contributed by atoms with Gasteiger partial charge in [-0.25, -0.2) is 9.18 Å². The van der Waals surface area contributed by atoms with Crippen LogP contribution in [-0.4, -0.2) is 51.3 Å². The van der Waals surface area contributed by atoms with E-state index >= 15 is 0 Å². The average molecular weight is 495 g/mol. The monoisotopic (exact) mass is 494 g/mol. The van der Waals surface area contributed by atoms with Gasteiger partial charge in [-0.15, -0.1) is 0 Å². The summed E-state index contributed by atoms with van der Waals surface area (Å²) in [4.78, 5) is 14.6. The van der Waals surface area contributed by atoms with Crippen LogP contribution in [0.5, 0.6) is 5.75 Å². The summed E-state index contributed by atoms with van der Waals surface area (Å²) < 4.78 is 31.2. The quantitative estimate of drug-likeness (QED) is 0.234. The highest BCUT2D eigenvalue weighted by Crippen LogP contribution is 2.42. The summed E-state index contributed by atoms with van der Waals surface area (Å²) in [6.07, 6.45) is 5.63. The van der Waals surface area contributed by atoms with Gasteiger partial charge in [-0.1, -0.05) is 19.6 Å². The lowest BCUT2D eigenvalue weighted by molar-refractivity contribution is 0.0221. The molecule has 0 heterocycles. The van der Waals surface area contributed by atoms with Crippen molar-refractivity contribution < 1.29 is 23.4 Å². The molecule has 3 rings (SSSR count). The average Bonchev–Trinajstić information content (AvgIpc) is 3.53. The standard InChI is InChI=1S/C26H43FN2O4Si/c1-26(2,3)33-25(30)28-20-8-10-21(11-9-20)29(22-12-13-22)23-14-7-19(27)17-24(23)32-18-31-15-16-34(4,5)6/h7,14,17,20-22H,8-13,15-16,18H2,1-6H3,(H,28,30). The molecule has 0 spiro atoms. The minimum Gasteiger partial charge on any atom is -0.465 e. The van der Waals surface area contributed by atoms with Gasteiger partial charge in [0.05, 0.1) is 5.69 Å². The van der Waals surface area contributed by atoms with E-state index in [1.807, 2.05) is 26.8 Å². The molecule has 0 atom stereocenters. The first-order valence-corrected chi connectivity index (χ1v) is 16.4. The molecule has 0 aromatic heterocycles. The molecule has 8 heteroatoms. The normalized spacial score (nSPS) is 21.1. The molecule has 2 saturated carbocycles. The van der Waals surface area contributed by atoms with E-state index < -0.39 is 13.7 Å². The molecular formula is C26H43FN2O4Si. The molecular weight excluding hydrogens is 451 g/mol. The number of ether oxygens (including phenoxy) is 3. The molecule has 1 aromatic carbocycles. The Morgan fingerprint density at radius 2 is 1.71 bits per heavy atom. The number of nitrogens with one attached hydrogen (secondary N) is 1. The van der Waals surface area contributed by atoms with Crippen molar-refractivity contribution in [1.82, 2.24) is 5.32 Å². The largest absolute Gasteiger partial charge is 0.465 e. The fourth-order valence-corrected chi connectivity index (χ4v) is 5.13. The van der Waals surface area contributed by atoms with Crippen molar-refractivity contribution in [2.75, 3.05) is 18.3 Å². The Balaban J connectivity index is 1.60. The second kappa shape index (κ2) is 11.3. The number of rotatable bonds is 10. The van der Waals surface area contributed by atoms with Gasteiger partial charge in [0.2, 0.25) is 0 Å².